The fourth-order valence-corrected chi connectivity index (χ4v) is 1.17. The van der Waals surface area contributed by atoms with Crippen LogP contribution in [0.25, 0.3) is 0 Å². The summed E-state index contributed by atoms with van der Waals surface area (Å²) in [4.78, 5) is 0. The molecule has 0 aliphatic heterocycles. The van der Waals surface area contributed by atoms with E-state index < -0.39 is 0 Å². The number of para-hydroxylation sites is 1. The van der Waals surface area contributed by atoms with Gasteiger partial charge < -0.3 is 10.1 Å². The summed E-state index contributed by atoms with van der Waals surface area (Å²) in [7, 11) is 1.68. The Morgan fingerprint density at radius 1 is 1.38 bits per heavy atom. The minimum absolute atomic E-state index is 0.662. The van der Waals surface area contributed by atoms with Gasteiger partial charge in [0.05, 0.1) is 7.11 Å². The van der Waals surface area contributed by atoms with E-state index in [0.29, 0.717) is 6.42 Å². The zero-order chi connectivity index (χ0) is 9.52. The average molecular weight is 177 g/mol. The molecule has 0 fully saturated rings. The van der Waals surface area contributed by atoms with Crippen molar-refractivity contribution in [2.45, 2.75) is 13.0 Å². The summed E-state index contributed by atoms with van der Waals surface area (Å²) in [5.41, 5.74) is 1.17. The van der Waals surface area contributed by atoms with Gasteiger partial charge in [0.15, 0.2) is 0 Å². The summed E-state index contributed by atoms with van der Waals surface area (Å²) in [6.07, 6.45) is 0.662. The van der Waals surface area contributed by atoms with Gasteiger partial charge in [0.25, 0.3) is 0 Å². The standard InChI is InChI=1S/C11H15NO/c1-3-8-12-9-10-6-4-5-7-11(10)13-2/h1,4-7,12H,3,8-9H2,2H3. The van der Waals surface area contributed by atoms with Crippen LogP contribution in [-0.2, 0) is 6.54 Å². The minimum atomic E-state index is 0.662. The molecule has 0 heterocycles. The first-order chi connectivity index (χ1) is 6.38. The van der Waals surface area contributed by atoms with Gasteiger partial charge in [-0.2, -0.15) is 0 Å². The van der Waals surface area contributed by atoms with Crippen LogP contribution in [0.1, 0.15) is 12.0 Å². The lowest BCUT2D eigenvalue weighted by atomic mass is 10.2. The fourth-order valence-electron chi connectivity index (χ4n) is 1.17. The Bertz CT molecular complexity index is 248. The molecule has 0 saturated heterocycles. The molecular formula is C11H15NO. The zero-order valence-corrected chi connectivity index (χ0v) is 7.92. The van der Waals surface area contributed by atoms with Gasteiger partial charge in [-0.15, -0.1) is 0 Å². The van der Waals surface area contributed by atoms with Crippen molar-refractivity contribution in [3.63, 3.8) is 0 Å². The topological polar surface area (TPSA) is 21.3 Å². The highest BCUT2D eigenvalue weighted by atomic mass is 16.5. The van der Waals surface area contributed by atoms with Crippen LogP contribution in [0, 0.1) is 6.92 Å². The first-order valence-electron chi connectivity index (χ1n) is 4.41. The first-order valence-corrected chi connectivity index (χ1v) is 4.41. The van der Waals surface area contributed by atoms with Gasteiger partial charge in [-0.3, -0.25) is 0 Å². The second kappa shape index (κ2) is 5.60. The fraction of sp³-hybridized carbons (Fsp3) is 0.364. The lowest BCUT2D eigenvalue weighted by Gasteiger charge is -2.08. The van der Waals surface area contributed by atoms with Gasteiger partial charge in [-0.05, 0) is 26.0 Å². The second-order valence-corrected chi connectivity index (χ2v) is 2.78. The van der Waals surface area contributed by atoms with E-state index in [4.69, 9.17) is 11.7 Å². The molecule has 0 aliphatic rings. The lowest BCUT2D eigenvalue weighted by molar-refractivity contribution is 0.408. The Morgan fingerprint density at radius 2 is 2.15 bits per heavy atom. The predicted octanol–water partition coefficient (Wildman–Crippen LogP) is 1.89. The van der Waals surface area contributed by atoms with Crippen molar-refractivity contribution in [3.8, 4) is 5.75 Å². The number of hydrogen-bond donors (Lipinski definition) is 1. The maximum absolute atomic E-state index is 5.37. The number of hydrogen-bond acceptors (Lipinski definition) is 2. The van der Waals surface area contributed by atoms with Gasteiger partial charge in [-0.25, -0.2) is 0 Å². The van der Waals surface area contributed by atoms with Gasteiger partial charge in [0.1, 0.15) is 5.75 Å². The predicted molar refractivity (Wildman–Crippen MR) is 53.6 cm³/mol. The van der Waals surface area contributed by atoms with Crippen LogP contribution >= 0.6 is 0 Å². The highest BCUT2D eigenvalue weighted by Gasteiger charge is 1.99. The second-order valence-electron chi connectivity index (χ2n) is 2.78. The number of benzene rings is 1. The van der Waals surface area contributed by atoms with Crippen molar-refractivity contribution in [1.82, 2.24) is 5.32 Å². The van der Waals surface area contributed by atoms with E-state index in [2.05, 4.69) is 5.32 Å². The molecule has 1 aromatic rings. The molecule has 70 valence electrons. The Hall–Kier alpha value is -1.02. The lowest BCUT2D eigenvalue weighted by Crippen LogP contribution is -2.14. The largest absolute Gasteiger partial charge is 0.496 e. The number of ether oxygens (including phenoxy) is 1. The van der Waals surface area contributed by atoms with Crippen molar-refractivity contribution in [3.05, 3.63) is 36.8 Å². The van der Waals surface area contributed by atoms with E-state index in [0.717, 1.165) is 18.8 Å². The smallest absolute Gasteiger partial charge is 0.123 e. The summed E-state index contributed by atoms with van der Waals surface area (Å²) in [6, 6.07) is 7.97. The van der Waals surface area contributed by atoms with Crippen molar-refractivity contribution in [1.29, 1.82) is 0 Å². The van der Waals surface area contributed by atoms with E-state index >= 15 is 0 Å². The molecule has 1 aromatic carbocycles. The molecule has 0 spiro atoms. The molecule has 2 heteroatoms. The molecule has 2 radical (unpaired) electrons. The highest BCUT2D eigenvalue weighted by molar-refractivity contribution is 5.32. The van der Waals surface area contributed by atoms with Gasteiger partial charge in [0, 0.05) is 12.1 Å². The van der Waals surface area contributed by atoms with E-state index in [1.807, 2.05) is 24.3 Å². The third-order valence-corrected chi connectivity index (χ3v) is 1.83. The van der Waals surface area contributed by atoms with E-state index in [9.17, 15) is 0 Å². The minimum Gasteiger partial charge on any atom is -0.496 e. The highest BCUT2D eigenvalue weighted by Crippen LogP contribution is 2.16. The zero-order valence-electron chi connectivity index (χ0n) is 7.92. The quantitative estimate of drug-likeness (QED) is 0.693. The molecule has 0 amide bonds. The van der Waals surface area contributed by atoms with E-state index in [1.165, 1.54) is 5.56 Å². The van der Waals surface area contributed by atoms with E-state index in [-0.39, 0.29) is 0 Å². The summed E-state index contributed by atoms with van der Waals surface area (Å²) in [5.74, 6) is 0.923. The molecule has 0 bridgehead atoms. The molecule has 1 N–H and O–H groups in total. The summed E-state index contributed by atoms with van der Waals surface area (Å²) >= 11 is 0. The molecular weight excluding hydrogens is 162 g/mol. The van der Waals surface area contributed by atoms with Crippen LogP contribution in [0.3, 0.4) is 0 Å². The molecule has 0 aromatic heterocycles. The number of methoxy groups -OCH3 is 1. The van der Waals surface area contributed by atoms with E-state index in [1.54, 1.807) is 7.11 Å². The van der Waals surface area contributed by atoms with Crippen LogP contribution in [0.5, 0.6) is 5.75 Å². The summed E-state index contributed by atoms with van der Waals surface area (Å²) in [5, 5.41) is 3.22. The van der Waals surface area contributed by atoms with Crippen molar-refractivity contribution in [2.24, 2.45) is 0 Å². The van der Waals surface area contributed by atoms with Gasteiger partial charge >= 0.3 is 0 Å². The van der Waals surface area contributed by atoms with Crippen LogP contribution in [0.4, 0.5) is 0 Å². The Kier molecular flexibility index (Phi) is 4.33. The maximum Gasteiger partial charge on any atom is 0.123 e. The first kappa shape index (κ1) is 10.1. The van der Waals surface area contributed by atoms with Gasteiger partial charge in [-0.1, -0.05) is 18.2 Å². The summed E-state index contributed by atoms with van der Waals surface area (Å²) < 4.78 is 5.20. The molecule has 2 nitrogen and oxygen atoms in total. The van der Waals surface area contributed by atoms with Crippen molar-refractivity contribution in [2.75, 3.05) is 13.7 Å². The third-order valence-electron chi connectivity index (χ3n) is 1.83. The Balaban J connectivity index is 2.54. The molecule has 0 saturated carbocycles. The number of rotatable bonds is 5. The maximum atomic E-state index is 5.37. The molecule has 1 rings (SSSR count). The molecule has 0 aliphatic carbocycles. The monoisotopic (exact) mass is 177 g/mol. The number of nitrogens with one attached hydrogen (secondary N) is 1. The Labute approximate surface area is 79.9 Å². The molecule has 13 heavy (non-hydrogen) atoms. The third kappa shape index (κ3) is 3.07. The van der Waals surface area contributed by atoms with Crippen LogP contribution in [0.2, 0.25) is 0 Å². The van der Waals surface area contributed by atoms with Crippen LogP contribution < -0.4 is 10.1 Å². The SMILES string of the molecule is [CH]CCNCc1ccccc1OC. The summed E-state index contributed by atoms with van der Waals surface area (Å²) in [6.45, 7) is 7.01. The molecule has 0 atom stereocenters. The van der Waals surface area contributed by atoms with Gasteiger partial charge in [0.2, 0.25) is 0 Å². The molecule has 0 unspecified atom stereocenters. The van der Waals surface area contributed by atoms with Crippen molar-refractivity contribution >= 4 is 0 Å². The average Bonchev–Trinajstić information content (AvgIpc) is 2.19. The normalized spacial score (nSPS) is 10.0. The van der Waals surface area contributed by atoms with Crippen molar-refractivity contribution < 1.29 is 4.74 Å². The van der Waals surface area contributed by atoms with Crippen LogP contribution in [0.15, 0.2) is 24.3 Å². The Morgan fingerprint density at radius 3 is 2.85 bits per heavy atom. The van der Waals surface area contributed by atoms with Crippen LogP contribution in [-0.4, -0.2) is 13.7 Å².